The number of anilines is 1. The van der Waals surface area contributed by atoms with Crippen molar-refractivity contribution in [2.75, 3.05) is 18.0 Å². The number of hydrogen-bond acceptors (Lipinski definition) is 2. The quantitative estimate of drug-likeness (QED) is 0.848. The van der Waals surface area contributed by atoms with Crippen molar-refractivity contribution in [3.63, 3.8) is 0 Å². The Balaban J connectivity index is 2.11. The molecular formula is C15H24N2. The first-order chi connectivity index (χ1) is 8.06. The van der Waals surface area contributed by atoms with Crippen molar-refractivity contribution < 1.29 is 0 Å². The average molecular weight is 232 g/mol. The number of hydrogen-bond donors (Lipinski definition) is 1. The maximum atomic E-state index is 5.87. The van der Waals surface area contributed by atoms with Gasteiger partial charge in [-0.2, -0.15) is 0 Å². The normalized spacial score (nSPS) is 26.9. The van der Waals surface area contributed by atoms with Crippen molar-refractivity contribution >= 4 is 5.69 Å². The highest BCUT2D eigenvalue weighted by molar-refractivity contribution is 5.48. The molecule has 1 aliphatic heterocycles. The molecule has 1 fully saturated rings. The van der Waals surface area contributed by atoms with E-state index >= 15 is 0 Å². The van der Waals surface area contributed by atoms with Gasteiger partial charge in [-0.25, -0.2) is 0 Å². The van der Waals surface area contributed by atoms with Crippen molar-refractivity contribution in [2.24, 2.45) is 17.6 Å². The van der Waals surface area contributed by atoms with Gasteiger partial charge in [-0.05, 0) is 42.9 Å². The molecule has 2 N–H and O–H groups in total. The van der Waals surface area contributed by atoms with E-state index in [0.29, 0.717) is 0 Å². The molecule has 2 rings (SSSR count). The van der Waals surface area contributed by atoms with E-state index in [2.05, 4.69) is 43.0 Å². The first-order valence-corrected chi connectivity index (χ1v) is 6.66. The summed E-state index contributed by atoms with van der Waals surface area (Å²) in [5, 5.41) is 0. The van der Waals surface area contributed by atoms with Gasteiger partial charge in [-0.1, -0.05) is 26.0 Å². The minimum absolute atomic E-state index is 0.128. The molecule has 2 nitrogen and oxygen atoms in total. The second-order valence-corrected chi connectivity index (χ2v) is 5.73. The average Bonchev–Trinajstić information content (AvgIpc) is 2.28. The van der Waals surface area contributed by atoms with E-state index < -0.39 is 0 Å². The van der Waals surface area contributed by atoms with E-state index in [0.717, 1.165) is 11.8 Å². The molecule has 1 heterocycles. The molecule has 1 aromatic rings. The molecule has 17 heavy (non-hydrogen) atoms. The van der Waals surface area contributed by atoms with Crippen LogP contribution in [0.3, 0.4) is 0 Å². The smallest absolute Gasteiger partial charge is 0.0366 e. The lowest BCUT2D eigenvalue weighted by Crippen LogP contribution is -2.38. The molecule has 94 valence electrons. The Morgan fingerprint density at radius 3 is 2.12 bits per heavy atom. The lowest BCUT2D eigenvalue weighted by atomic mass is 9.91. The van der Waals surface area contributed by atoms with Crippen LogP contribution in [0.15, 0.2) is 24.3 Å². The Labute approximate surface area is 105 Å². The largest absolute Gasteiger partial charge is 0.371 e. The summed E-state index contributed by atoms with van der Waals surface area (Å²) < 4.78 is 0. The second kappa shape index (κ2) is 5.09. The zero-order valence-corrected chi connectivity index (χ0v) is 11.2. The van der Waals surface area contributed by atoms with Gasteiger partial charge in [0.25, 0.3) is 0 Å². The highest BCUT2D eigenvalue weighted by Gasteiger charge is 2.21. The summed E-state index contributed by atoms with van der Waals surface area (Å²) in [5.74, 6) is 1.60. The van der Waals surface area contributed by atoms with E-state index in [1.165, 1.54) is 30.8 Å². The predicted molar refractivity (Wildman–Crippen MR) is 74.2 cm³/mol. The Morgan fingerprint density at radius 1 is 1.12 bits per heavy atom. The third-order valence-electron chi connectivity index (χ3n) is 3.65. The molecule has 0 saturated carbocycles. The molecule has 0 amide bonds. The molecule has 0 aliphatic carbocycles. The van der Waals surface area contributed by atoms with Crippen molar-refractivity contribution in [1.82, 2.24) is 0 Å². The van der Waals surface area contributed by atoms with Crippen LogP contribution in [0.2, 0.25) is 0 Å². The molecule has 1 saturated heterocycles. The molecule has 3 atom stereocenters. The van der Waals surface area contributed by atoms with Gasteiger partial charge >= 0.3 is 0 Å². The van der Waals surface area contributed by atoms with Gasteiger partial charge < -0.3 is 10.6 Å². The molecule has 0 aromatic heterocycles. The molecule has 0 spiro atoms. The van der Waals surface area contributed by atoms with Gasteiger partial charge in [0.1, 0.15) is 0 Å². The first kappa shape index (κ1) is 12.4. The number of piperidine rings is 1. The number of benzene rings is 1. The highest BCUT2D eigenvalue weighted by atomic mass is 15.1. The molecular weight excluding hydrogens is 208 g/mol. The van der Waals surface area contributed by atoms with Crippen LogP contribution in [-0.2, 0) is 0 Å². The van der Waals surface area contributed by atoms with Gasteiger partial charge in [-0.3, -0.25) is 0 Å². The molecule has 0 radical (unpaired) electrons. The standard InChI is InChI=1S/C15H24N2/c1-11-8-12(2)10-17(9-11)15-6-4-14(5-7-15)13(3)16/h4-7,11-13H,8-10,16H2,1-3H3/t11?,12?,13-/m1/s1. The summed E-state index contributed by atoms with van der Waals surface area (Å²) in [6.07, 6.45) is 1.36. The Bertz CT molecular complexity index is 346. The molecule has 1 aliphatic rings. The Hall–Kier alpha value is -1.02. The minimum atomic E-state index is 0.128. The summed E-state index contributed by atoms with van der Waals surface area (Å²) in [6.45, 7) is 9.09. The fraction of sp³-hybridized carbons (Fsp3) is 0.600. The zero-order valence-electron chi connectivity index (χ0n) is 11.2. The fourth-order valence-electron chi connectivity index (χ4n) is 2.86. The van der Waals surface area contributed by atoms with Crippen molar-refractivity contribution in [1.29, 1.82) is 0 Å². The van der Waals surface area contributed by atoms with Gasteiger partial charge in [0.2, 0.25) is 0 Å². The van der Waals surface area contributed by atoms with E-state index in [-0.39, 0.29) is 6.04 Å². The van der Waals surface area contributed by atoms with Gasteiger partial charge in [-0.15, -0.1) is 0 Å². The van der Waals surface area contributed by atoms with Crippen LogP contribution in [0.1, 0.15) is 38.8 Å². The van der Waals surface area contributed by atoms with Crippen LogP contribution in [0.5, 0.6) is 0 Å². The maximum Gasteiger partial charge on any atom is 0.0366 e. The Kier molecular flexibility index (Phi) is 3.72. The van der Waals surface area contributed by atoms with Gasteiger partial charge in [0.05, 0.1) is 0 Å². The van der Waals surface area contributed by atoms with Gasteiger partial charge in [0, 0.05) is 24.8 Å². The third kappa shape index (κ3) is 3.01. The van der Waals surface area contributed by atoms with E-state index in [9.17, 15) is 0 Å². The summed E-state index contributed by atoms with van der Waals surface area (Å²) in [6, 6.07) is 8.86. The summed E-state index contributed by atoms with van der Waals surface area (Å²) in [4.78, 5) is 2.50. The SMILES string of the molecule is CC1CC(C)CN(c2ccc([C@@H](C)N)cc2)C1. The predicted octanol–water partition coefficient (Wildman–Crippen LogP) is 3.19. The topological polar surface area (TPSA) is 29.3 Å². The van der Waals surface area contributed by atoms with Crippen LogP contribution < -0.4 is 10.6 Å². The minimum Gasteiger partial charge on any atom is -0.371 e. The van der Waals surface area contributed by atoms with Crippen LogP contribution in [0.25, 0.3) is 0 Å². The van der Waals surface area contributed by atoms with Crippen molar-refractivity contribution in [3.8, 4) is 0 Å². The van der Waals surface area contributed by atoms with Crippen LogP contribution in [0, 0.1) is 11.8 Å². The summed E-state index contributed by atoms with van der Waals surface area (Å²) >= 11 is 0. The molecule has 1 aromatic carbocycles. The zero-order chi connectivity index (χ0) is 12.4. The van der Waals surface area contributed by atoms with Crippen LogP contribution in [-0.4, -0.2) is 13.1 Å². The lowest BCUT2D eigenvalue weighted by Gasteiger charge is -2.36. The third-order valence-corrected chi connectivity index (χ3v) is 3.65. The Morgan fingerprint density at radius 2 is 1.65 bits per heavy atom. The summed E-state index contributed by atoms with van der Waals surface area (Å²) in [5.41, 5.74) is 8.43. The molecule has 0 bridgehead atoms. The second-order valence-electron chi connectivity index (χ2n) is 5.73. The number of rotatable bonds is 2. The molecule has 2 unspecified atom stereocenters. The van der Waals surface area contributed by atoms with Crippen LogP contribution in [0.4, 0.5) is 5.69 Å². The lowest BCUT2D eigenvalue weighted by molar-refractivity contribution is 0.357. The highest BCUT2D eigenvalue weighted by Crippen LogP contribution is 2.26. The van der Waals surface area contributed by atoms with Crippen LogP contribution >= 0.6 is 0 Å². The van der Waals surface area contributed by atoms with Crippen molar-refractivity contribution in [2.45, 2.75) is 33.2 Å². The monoisotopic (exact) mass is 232 g/mol. The number of nitrogens with two attached hydrogens (primary N) is 1. The van der Waals surface area contributed by atoms with E-state index in [1.54, 1.807) is 0 Å². The van der Waals surface area contributed by atoms with Gasteiger partial charge in [0.15, 0.2) is 0 Å². The first-order valence-electron chi connectivity index (χ1n) is 6.66. The molecule has 2 heteroatoms. The fourth-order valence-corrected chi connectivity index (χ4v) is 2.86. The summed E-state index contributed by atoms with van der Waals surface area (Å²) in [7, 11) is 0. The number of nitrogens with zero attached hydrogens (tertiary/aromatic N) is 1. The van der Waals surface area contributed by atoms with Crippen molar-refractivity contribution in [3.05, 3.63) is 29.8 Å². The maximum absolute atomic E-state index is 5.87. The van der Waals surface area contributed by atoms with E-state index in [1.807, 2.05) is 6.92 Å². The van der Waals surface area contributed by atoms with E-state index in [4.69, 9.17) is 5.73 Å².